The lowest BCUT2D eigenvalue weighted by molar-refractivity contribution is -0.180. The minimum atomic E-state index is -0.499. The van der Waals surface area contributed by atoms with Crippen molar-refractivity contribution < 1.29 is 80.9 Å². The average Bonchev–Trinajstić information content (AvgIpc) is 3.62. The van der Waals surface area contributed by atoms with E-state index in [4.69, 9.17) is 62.7 Å². The van der Waals surface area contributed by atoms with Gasteiger partial charge in [0, 0.05) is 55.4 Å². The van der Waals surface area contributed by atoms with E-state index in [-0.39, 0.29) is 51.0 Å². The van der Waals surface area contributed by atoms with Crippen LogP contribution in [0.1, 0.15) is 38.8 Å². The van der Waals surface area contributed by atoms with Crippen molar-refractivity contribution in [3.63, 3.8) is 0 Å². The molecule has 0 spiro atoms. The summed E-state index contributed by atoms with van der Waals surface area (Å²) in [5.74, 6) is -0.851. The fourth-order valence-corrected chi connectivity index (χ4v) is 6.80. The van der Waals surface area contributed by atoms with Gasteiger partial charge in [0.05, 0.1) is 157 Å². The predicted molar refractivity (Wildman–Crippen MR) is 277 cm³/mol. The van der Waals surface area contributed by atoms with Crippen LogP contribution < -0.4 is 21.1 Å². The number of benzene rings is 1. The normalized spacial score (nSPS) is 13.1. The highest BCUT2D eigenvalue weighted by molar-refractivity contribution is 6.14. The summed E-state index contributed by atoms with van der Waals surface area (Å²) >= 11 is 0. The van der Waals surface area contributed by atoms with Crippen LogP contribution in [0.5, 0.6) is 5.75 Å². The van der Waals surface area contributed by atoms with Gasteiger partial charge in [-0.1, -0.05) is 19.1 Å². The number of hydrogen-bond acceptors (Lipinski definition) is 20. The SMILES string of the molecule is CCCN(OCC)C(=O)C1=Cc2ncc(-c3ccc(OCCNC(=O)CCOCCOCCOCCOCCOCCOCCOCCOCCOCCOCCNC(=O)CN4C(=O)C=CC4=O)cc3)cc2N=C(N)C1. The molecule has 422 valence electrons. The van der Waals surface area contributed by atoms with Gasteiger partial charge in [-0.25, -0.2) is 10.1 Å². The molecule has 0 radical (unpaired) electrons. The number of amides is 5. The molecule has 1 aromatic heterocycles. The third kappa shape index (κ3) is 26.8. The van der Waals surface area contributed by atoms with Crippen molar-refractivity contribution in [3.05, 3.63) is 59.9 Å². The van der Waals surface area contributed by atoms with E-state index in [1.165, 1.54) is 5.06 Å². The summed E-state index contributed by atoms with van der Waals surface area (Å²) in [6, 6.07) is 9.41. The number of rotatable bonds is 45. The van der Waals surface area contributed by atoms with Gasteiger partial charge in [-0.15, -0.1) is 0 Å². The van der Waals surface area contributed by atoms with Gasteiger partial charge in [0.1, 0.15) is 24.7 Å². The molecule has 0 fully saturated rings. The maximum absolute atomic E-state index is 13.2. The molecule has 5 amide bonds. The van der Waals surface area contributed by atoms with E-state index in [2.05, 4.69) is 20.6 Å². The van der Waals surface area contributed by atoms with Crippen molar-refractivity contribution in [3.8, 4) is 16.9 Å². The van der Waals surface area contributed by atoms with E-state index < -0.39 is 17.7 Å². The Kier molecular flexibility index (Phi) is 32.7. The second-order valence-corrected chi connectivity index (χ2v) is 16.4. The number of hydroxylamine groups is 2. The Labute approximate surface area is 444 Å². The fraction of sp³-hybridized carbons (Fsp3) is 0.596. The van der Waals surface area contributed by atoms with Crippen LogP contribution in [0, 0.1) is 0 Å². The van der Waals surface area contributed by atoms with E-state index in [9.17, 15) is 24.0 Å². The van der Waals surface area contributed by atoms with Crippen molar-refractivity contribution in [2.75, 3.05) is 172 Å². The van der Waals surface area contributed by atoms with Crippen LogP contribution in [-0.4, -0.2) is 222 Å². The number of ether oxygens (including phenoxy) is 11. The van der Waals surface area contributed by atoms with Gasteiger partial charge >= 0.3 is 0 Å². The van der Waals surface area contributed by atoms with Gasteiger partial charge in [0.15, 0.2) is 0 Å². The molecule has 0 unspecified atom stereocenters. The first-order valence-corrected chi connectivity index (χ1v) is 25.7. The number of fused-ring (bicyclic) bond motifs is 1. The fourth-order valence-electron chi connectivity index (χ4n) is 6.80. The van der Waals surface area contributed by atoms with E-state index in [0.29, 0.717) is 174 Å². The topological polar surface area (TPSA) is 278 Å². The van der Waals surface area contributed by atoms with Gasteiger partial charge in [-0.2, -0.15) is 0 Å². The van der Waals surface area contributed by atoms with Gasteiger partial charge in [0.25, 0.3) is 17.7 Å². The first kappa shape index (κ1) is 62.8. The van der Waals surface area contributed by atoms with E-state index in [0.717, 1.165) is 34.6 Å². The number of aromatic nitrogens is 1. The number of hydrogen-bond donors (Lipinski definition) is 3. The highest BCUT2D eigenvalue weighted by Gasteiger charge is 2.26. The second-order valence-electron chi connectivity index (χ2n) is 16.4. The number of nitrogens with two attached hydrogens (primary N) is 1. The quantitative estimate of drug-likeness (QED) is 0.0485. The van der Waals surface area contributed by atoms with Crippen LogP contribution in [0.2, 0.25) is 0 Å². The summed E-state index contributed by atoms with van der Waals surface area (Å²) in [7, 11) is 0. The molecule has 2 aromatic rings. The van der Waals surface area contributed by atoms with Crippen LogP contribution >= 0.6 is 0 Å². The van der Waals surface area contributed by atoms with Crippen molar-refractivity contribution in [1.82, 2.24) is 25.6 Å². The molecule has 0 atom stereocenters. The summed E-state index contributed by atoms with van der Waals surface area (Å²) in [5, 5.41) is 6.79. The highest BCUT2D eigenvalue weighted by atomic mass is 16.7. The molecule has 0 saturated carbocycles. The maximum Gasteiger partial charge on any atom is 0.273 e. The number of carbonyl (C=O) groups excluding carboxylic acids is 5. The highest BCUT2D eigenvalue weighted by Crippen LogP contribution is 2.31. The molecular formula is C52H77N7O17. The van der Waals surface area contributed by atoms with Gasteiger partial charge < -0.3 is 68.5 Å². The monoisotopic (exact) mass is 1070 g/mol. The first-order chi connectivity index (χ1) is 37.2. The number of nitrogens with one attached hydrogen (secondary N) is 2. The number of imide groups is 1. The standard InChI is InChI=1S/C52H77N7O17/c1-3-14-59(76-4-2)52(64)42-36-45-46(57-47(53)38-42)37-43(39-56-45)41-5-7-44(8-6-41)75-17-13-54-48(60)11-15-65-18-20-67-22-24-69-26-28-71-30-32-73-34-35-74-33-31-72-29-27-70-25-23-68-21-19-66-16-12-55-49(61)40-58-50(62)9-10-51(58)63/h5-10,36-37,39H,3-4,11-35,38,40H2,1-2H3,(H2,53,57)(H,54,60)(H,55,61). The van der Waals surface area contributed by atoms with Crippen LogP contribution in [0.3, 0.4) is 0 Å². The molecule has 0 saturated heterocycles. The molecule has 4 rings (SSSR count). The Bertz CT molecular complexity index is 2090. The Morgan fingerprint density at radius 3 is 1.59 bits per heavy atom. The minimum Gasteiger partial charge on any atom is -0.492 e. The predicted octanol–water partition coefficient (Wildman–Crippen LogP) is 1.81. The Morgan fingerprint density at radius 2 is 1.09 bits per heavy atom. The summed E-state index contributed by atoms with van der Waals surface area (Å²) in [6.45, 7) is 13.4. The zero-order valence-electron chi connectivity index (χ0n) is 44.0. The second kappa shape index (κ2) is 39.6. The van der Waals surface area contributed by atoms with Gasteiger partial charge in [-0.3, -0.25) is 38.7 Å². The smallest absolute Gasteiger partial charge is 0.273 e. The number of pyridine rings is 1. The molecule has 1 aromatic carbocycles. The number of amidine groups is 1. The lowest BCUT2D eigenvalue weighted by atomic mass is 10.1. The van der Waals surface area contributed by atoms with E-state index >= 15 is 0 Å². The largest absolute Gasteiger partial charge is 0.492 e. The number of aliphatic imine (C=N–C) groups is 1. The zero-order valence-corrected chi connectivity index (χ0v) is 44.0. The molecule has 0 aliphatic carbocycles. The minimum absolute atomic E-state index is 0.136. The molecule has 24 nitrogen and oxygen atoms in total. The van der Waals surface area contributed by atoms with Crippen molar-refractivity contribution >= 4 is 47.1 Å². The lowest BCUT2D eigenvalue weighted by Crippen LogP contribution is -2.41. The molecule has 0 bridgehead atoms. The average molecular weight is 1070 g/mol. The van der Waals surface area contributed by atoms with Gasteiger partial charge in [0.2, 0.25) is 11.8 Å². The molecule has 24 heteroatoms. The van der Waals surface area contributed by atoms with Crippen LogP contribution in [0.4, 0.5) is 5.69 Å². The molecule has 3 heterocycles. The van der Waals surface area contributed by atoms with Crippen LogP contribution in [0.15, 0.2) is 59.2 Å². The van der Waals surface area contributed by atoms with Crippen molar-refractivity contribution in [2.24, 2.45) is 10.7 Å². The maximum atomic E-state index is 13.2. The molecule has 76 heavy (non-hydrogen) atoms. The Morgan fingerprint density at radius 1 is 0.618 bits per heavy atom. The van der Waals surface area contributed by atoms with Crippen LogP contribution in [-0.2, 0) is 76.2 Å². The summed E-state index contributed by atoms with van der Waals surface area (Å²) in [4.78, 5) is 75.7. The third-order valence-electron chi connectivity index (χ3n) is 10.5. The number of nitrogens with zero attached hydrogens (tertiary/aromatic N) is 4. The first-order valence-electron chi connectivity index (χ1n) is 25.7. The number of carbonyl (C=O) groups is 5. The molecule has 4 N–H and O–H groups in total. The van der Waals surface area contributed by atoms with Crippen molar-refractivity contribution in [1.29, 1.82) is 0 Å². The zero-order chi connectivity index (χ0) is 54.3. The summed E-state index contributed by atoms with van der Waals surface area (Å²) < 4.78 is 60.6. The van der Waals surface area contributed by atoms with Gasteiger partial charge in [-0.05, 0) is 43.2 Å². The molecule has 2 aliphatic rings. The van der Waals surface area contributed by atoms with Crippen LogP contribution in [0.25, 0.3) is 17.2 Å². The summed E-state index contributed by atoms with van der Waals surface area (Å²) in [5.41, 5.74) is 9.54. The van der Waals surface area contributed by atoms with E-state index in [1.54, 1.807) is 12.3 Å². The Balaban J connectivity index is 0.837. The third-order valence-corrected chi connectivity index (χ3v) is 10.5. The lowest BCUT2D eigenvalue weighted by Gasteiger charge is -2.21. The summed E-state index contributed by atoms with van der Waals surface area (Å²) in [6.07, 6.45) is 6.89. The van der Waals surface area contributed by atoms with Crippen molar-refractivity contribution in [2.45, 2.75) is 33.1 Å². The van der Waals surface area contributed by atoms with E-state index in [1.807, 2.05) is 44.2 Å². The Hall–Kier alpha value is -5.77. The molecule has 2 aliphatic heterocycles. The molecular weight excluding hydrogens is 995 g/mol.